The Hall–Kier alpha value is -2.62. The molecule has 0 fully saturated rings. The third-order valence-corrected chi connectivity index (χ3v) is 1.81. The molecule has 0 saturated heterocycles. The van der Waals surface area contributed by atoms with Crippen molar-refractivity contribution in [3.8, 4) is 17.9 Å². The van der Waals surface area contributed by atoms with Crippen LogP contribution in [0.1, 0.15) is 17.5 Å². The van der Waals surface area contributed by atoms with Gasteiger partial charge < -0.3 is 5.73 Å². The van der Waals surface area contributed by atoms with E-state index in [1.165, 1.54) is 0 Å². The molecule has 0 bridgehead atoms. The number of benzene rings is 1. The minimum absolute atomic E-state index is 0.351. The van der Waals surface area contributed by atoms with E-state index < -0.39 is 0 Å². The first-order chi connectivity index (χ1) is 7.77. The molecule has 5 nitrogen and oxygen atoms in total. The molecule has 1 aromatic carbocycles. The van der Waals surface area contributed by atoms with Gasteiger partial charge in [0.2, 0.25) is 0 Å². The Morgan fingerprint density at radius 3 is 3.00 bits per heavy atom. The van der Waals surface area contributed by atoms with Crippen molar-refractivity contribution >= 4 is 5.69 Å². The van der Waals surface area contributed by atoms with Crippen LogP contribution in [0.3, 0.4) is 0 Å². The van der Waals surface area contributed by atoms with Gasteiger partial charge in [0.15, 0.2) is 0 Å². The van der Waals surface area contributed by atoms with Crippen LogP contribution in [0.5, 0.6) is 0 Å². The molecule has 0 spiro atoms. The van der Waals surface area contributed by atoms with Crippen molar-refractivity contribution in [3.05, 3.63) is 39.8 Å². The van der Waals surface area contributed by atoms with Crippen LogP contribution in [0.25, 0.3) is 10.4 Å². The molecule has 5 heteroatoms. The zero-order chi connectivity index (χ0) is 11.8. The lowest BCUT2D eigenvalue weighted by Crippen LogP contribution is -1.90. The van der Waals surface area contributed by atoms with Crippen molar-refractivity contribution in [2.24, 2.45) is 5.11 Å². The van der Waals surface area contributed by atoms with Gasteiger partial charge in [0.25, 0.3) is 0 Å². The quantitative estimate of drug-likeness (QED) is 0.202. The predicted octanol–water partition coefficient (Wildman–Crippen LogP) is 2.19. The summed E-state index contributed by atoms with van der Waals surface area (Å²) in [6, 6.07) is 7.02. The summed E-state index contributed by atoms with van der Waals surface area (Å²) < 4.78 is 0. The second-order valence-electron chi connectivity index (χ2n) is 2.92. The number of rotatable bonds is 2. The number of nitrogen functional groups attached to an aromatic ring is 1. The minimum atomic E-state index is 0.351. The third kappa shape index (κ3) is 3.26. The van der Waals surface area contributed by atoms with Gasteiger partial charge >= 0.3 is 0 Å². The fourth-order valence-corrected chi connectivity index (χ4v) is 1.05. The summed E-state index contributed by atoms with van der Waals surface area (Å²) in [5.74, 6) is 5.71. The lowest BCUT2D eigenvalue weighted by molar-refractivity contribution is 1.01. The Morgan fingerprint density at radius 1 is 1.50 bits per heavy atom. The van der Waals surface area contributed by atoms with Gasteiger partial charge in [0.1, 0.15) is 6.07 Å². The lowest BCUT2D eigenvalue weighted by atomic mass is 10.1. The average Bonchev–Trinajstić information content (AvgIpc) is 2.31. The van der Waals surface area contributed by atoms with Gasteiger partial charge in [-0.15, -0.1) is 0 Å². The van der Waals surface area contributed by atoms with Crippen LogP contribution in [0.4, 0.5) is 5.69 Å². The summed E-state index contributed by atoms with van der Waals surface area (Å²) in [4.78, 5) is 2.62. The zero-order valence-electron chi connectivity index (χ0n) is 8.51. The smallest absolute Gasteiger partial charge is 0.101 e. The van der Waals surface area contributed by atoms with Gasteiger partial charge in [-0.25, -0.2) is 0 Å². The number of nitrogens with two attached hydrogens (primary N) is 1. The molecule has 0 aliphatic heterocycles. The zero-order valence-corrected chi connectivity index (χ0v) is 8.51. The maximum absolute atomic E-state index is 8.75. The molecule has 2 N–H and O–H groups in total. The van der Waals surface area contributed by atoms with E-state index >= 15 is 0 Å². The minimum Gasteiger partial charge on any atom is -0.398 e. The number of nitriles is 1. The van der Waals surface area contributed by atoms with Crippen molar-refractivity contribution in [1.29, 1.82) is 5.26 Å². The highest BCUT2D eigenvalue weighted by Crippen LogP contribution is 2.11. The van der Waals surface area contributed by atoms with Crippen LogP contribution in [0.15, 0.2) is 23.3 Å². The van der Waals surface area contributed by atoms with Crippen molar-refractivity contribution < 1.29 is 0 Å². The molecular formula is C11H9N5. The van der Waals surface area contributed by atoms with Crippen LogP contribution < -0.4 is 5.73 Å². The van der Waals surface area contributed by atoms with Gasteiger partial charge in [0.05, 0.1) is 5.56 Å². The largest absolute Gasteiger partial charge is 0.398 e. The number of hydrogen-bond acceptors (Lipinski definition) is 3. The topological polar surface area (TPSA) is 98.6 Å². The van der Waals surface area contributed by atoms with Crippen LogP contribution in [0, 0.1) is 23.2 Å². The molecule has 1 aromatic rings. The molecule has 0 unspecified atom stereocenters. The van der Waals surface area contributed by atoms with Gasteiger partial charge in [-0.3, -0.25) is 0 Å². The van der Waals surface area contributed by atoms with E-state index in [0.717, 1.165) is 5.56 Å². The normalized spacial score (nSPS) is 8.19. The van der Waals surface area contributed by atoms with Crippen molar-refractivity contribution in [1.82, 2.24) is 0 Å². The average molecular weight is 211 g/mol. The molecule has 0 saturated carbocycles. The Morgan fingerprint density at radius 2 is 2.31 bits per heavy atom. The molecular weight excluding hydrogens is 202 g/mol. The van der Waals surface area contributed by atoms with Crippen LogP contribution >= 0.6 is 0 Å². The SMILES string of the molecule is N#Cc1cc(C#CCCN=[N+]=[N-])ccc1N. The van der Waals surface area contributed by atoms with Crippen LogP contribution in [-0.2, 0) is 0 Å². The molecule has 0 aromatic heterocycles. The van der Waals surface area contributed by atoms with Crippen molar-refractivity contribution in [2.75, 3.05) is 12.3 Å². The van der Waals surface area contributed by atoms with Gasteiger partial charge in [-0.1, -0.05) is 17.0 Å². The molecule has 0 radical (unpaired) electrons. The first-order valence-electron chi connectivity index (χ1n) is 4.57. The lowest BCUT2D eigenvalue weighted by Gasteiger charge is -1.96. The molecule has 16 heavy (non-hydrogen) atoms. The van der Waals surface area contributed by atoms with E-state index in [4.69, 9.17) is 16.5 Å². The highest BCUT2D eigenvalue weighted by Gasteiger charge is 1.97. The first-order valence-corrected chi connectivity index (χ1v) is 4.57. The summed E-state index contributed by atoms with van der Waals surface area (Å²) in [7, 11) is 0. The number of anilines is 1. The Kier molecular flexibility index (Phi) is 4.28. The fraction of sp³-hybridized carbons (Fsp3) is 0.182. The number of azide groups is 1. The summed E-state index contributed by atoms with van der Waals surface area (Å²) >= 11 is 0. The molecule has 0 atom stereocenters. The van der Waals surface area contributed by atoms with Crippen molar-refractivity contribution in [2.45, 2.75) is 6.42 Å². The first kappa shape index (κ1) is 11.5. The maximum Gasteiger partial charge on any atom is 0.101 e. The molecule has 0 heterocycles. The highest BCUT2D eigenvalue weighted by atomic mass is 15.1. The van der Waals surface area contributed by atoms with E-state index in [9.17, 15) is 0 Å². The molecule has 0 aliphatic rings. The summed E-state index contributed by atoms with van der Waals surface area (Å²) in [5, 5.41) is 12.1. The van der Waals surface area contributed by atoms with E-state index in [2.05, 4.69) is 21.9 Å². The Balaban J connectivity index is 2.75. The van der Waals surface area contributed by atoms with E-state index in [1.54, 1.807) is 18.2 Å². The van der Waals surface area contributed by atoms with Crippen LogP contribution in [0.2, 0.25) is 0 Å². The highest BCUT2D eigenvalue weighted by molar-refractivity contribution is 5.57. The van der Waals surface area contributed by atoms with Gasteiger partial charge in [-0.2, -0.15) is 5.26 Å². The Labute approximate surface area is 93.1 Å². The number of hydrogen-bond donors (Lipinski definition) is 1. The number of nitrogens with zero attached hydrogens (tertiary/aromatic N) is 4. The van der Waals surface area contributed by atoms with Gasteiger partial charge in [-0.05, 0) is 23.7 Å². The molecule has 78 valence electrons. The summed E-state index contributed by atoms with van der Waals surface area (Å²) in [6.45, 7) is 0.351. The second kappa shape index (κ2) is 5.98. The van der Waals surface area contributed by atoms with Gasteiger partial charge in [0, 0.05) is 29.1 Å². The summed E-state index contributed by atoms with van der Waals surface area (Å²) in [5.41, 5.74) is 15.2. The summed E-state index contributed by atoms with van der Waals surface area (Å²) in [6.07, 6.45) is 0.496. The Bertz CT molecular complexity index is 524. The standard InChI is InChI=1S/C11H9N5/c12-8-10-7-9(4-5-11(10)13)3-1-2-6-15-16-14/h4-5,7H,2,6,13H2. The van der Waals surface area contributed by atoms with E-state index in [1.807, 2.05) is 6.07 Å². The molecule has 0 amide bonds. The predicted molar refractivity (Wildman–Crippen MR) is 61.1 cm³/mol. The third-order valence-electron chi connectivity index (χ3n) is 1.81. The second-order valence-corrected chi connectivity index (χ2v) is 2.92. The van der Waals surface area contributed by atoms with Crippen LogP contribution in [-0.4, -0.2) is 6.54 Å². The van der Waals surface area contributed by atoms with E-state index in [-0.39, 0.29) is 0 Å². The molecule has 0 aliphatic carbocycles. The van der Waals surface area contributed by atoms with Crippen molar-refractivity contribution in [3.63, 3.8) is 0 Å². The fourth-order valence-electron chi connectivity index (χ4n) is 1.05. The maximum atomic E-state index is 8.75. The molecule has 1 rings (SSSR count). The van der Waals surface area contributed by atoms with E-state index in [0.29, 0.717) is 24.2 Å². The monoisotopic (exact) mass is 211 g/mol.